The summed E-state index contributed by atoms with van der Waals surface area (Å²) < 4.78 is 132. The summed E-state index contributed by atoms with van der Waals surface area (Å²) in [7, 11) is -12.2. The first-order valence-corrected chi connectivity index (χ1v) is 12.0. The molecule has 0 radical (unpaired) electrons. The monoisotopic (exact) mass is 517 g/mol. The van der Waals surface area contributed by atoms with Gasteiger partial charge in [-0.15, -0.1) is 0 Å². The van der Waals surface area contributed by atoms with E-state index in [1.807, 2.05) is 0 Å². The fraction of sp³-hybridized carbons (Fsp3) is 0.333. The molecule has 0 aliphatic carbocycles. The van der Waals surface area contributed by atoms with Crippen molar-refractivity contribution < 1.29 is 51.5 Å². The second-order valence-corrected chi connectivity index (χ2v) is 10.3. The molecule has 15 heteroatoms. The van der Waals surface area contributed by atoms with Crippen molar-refractivity contribution in [2.45, 2.75) is 35.9 Å². The van der Waals surface area contributed by atoms with Crippen LogP contribution in [0, 0.1) is 0 Å². The molecule has 2 aromatic carbocycles. The molecule has 1 saturated heterocycles. The third-order valence-electron chi connectivity index (χ3n) is 5.28. The first kappa shape index (κ1) is 23.5. The van der Waals surface area contributed by atoms with Crippen LogP contribution in [-0.4, -0.2) is 27.9 Å². The average molecular weight is 517 g/mol. The molecule has 180 valence electrons. The Hall–Kier alpha value is -2.68. The lowest BCUT2D eigenvalue weighted by Gasteiger charge is -2.25. The lowest BCUT2D eigenvalue weighted by atomic mass is 9.90. The second kappa shape index (κ2) is 7.41. The fourth-order valence-electron chi connectivity index (χ4n) is 4.10. The number of hydrogen-bond donors (Lipinski definition) is 0. The highest BCUT2D eigenvalue weighted by molar-refractivity contribution is 7.88. The molecule has 0 N–H and O–H groups in total. The Kier molecular flexibility index (Phi) is 5.27. The van der Waals surface area contributed by atoms with Crippen molar-refractivity contribution >= 4 is 25.9 Å². The van der Waals surface area contributed by atoms with Crippen LogP contribution in [0.3, 0.4) is 0 Å². The molecule has 7 nitrogen and oxygen atoms in total. The Bertz CT molecular complexity index is 1210. The van der Waals surface area contributed by atoms with Gasteiger partial charge in [-0.25, -0.2) is 0 Å². The summed E-state index contributed by atoms with van der Waals surface area (Å²) >= 11 is 0. The summed E-state index contributed by atoms with van der Waals surface area (Å²) in [5, 5.41) is 0. The van der Waals surface area contributed by atoms with Gasteiger partial charge in [-0.2, -0.15) is 43.2 Å². The number of benzene rings is 2. The van der Waals surface area contributed by atoms with Gasteiger partial charge in [0.1, 0.15) is 11.5 Å². The van der Waals surface area contributed by atoms with Gasteiger partial charge in [0.2, 0.25) is 0 Å². The summed E-state index contributed by atoms with van der Waals surface area (Å²) in [6.07, 6.45) is 0.592. The molecular formula is C18H13F6NO6S2. The quantitative estimate of drug-likeness (QED) is 0.327. The predicted octanol–water partition coefficient (Wildman–Crippen LogP) is 4.54. The van der Waals surface area contributed by atoms with E-state index in [9.17, 15) is 43.2 Å². The lowest BCUT2D eigenvalue weighted by Crippen LogP contribution is -2.29. The van der Waals surface area contributed by atoms with Crippen molar-refractivity contribution in [1.82, 2.24) is 0 Å². The van der Waals surface area contributed by atoms with E-state index in [2.05, 4.69) is 8.37 Å². The first-order valence-electron chi connectivity index (χ1n) is 9.16. The molecule has 0 aromatic heterocycles. The maximum Gasteiger partial charge on any atom is 0.534 e. The molecule has 0 spiro atoms. The van der Waals surface area contributed by atoms with Crippen molar-refractivity contribution in [2.24, 2.45) is 0 Å². The van der Waals surface area contributed by atoms with Gasteiger partial charge in [-0.05, 0) is 37.1 Å². The van der Waals surface area contributed by atoms with Crippen molar-refractivity contribution in [2.75, 3.05) is 4.90 Å². The summed E-state index contributed by atoms with van der Waals surface area (Å²) in [6, 6.07) is 7.97. The first-order chi connectivity index (χ1) is 15.1. The maximum atomic E-state index is 12.9. The molecule has 2 atom stereocenters. The summed E-state index contributed by atoms with van der Waals surface area (Å²) in [4.78, 5) is 1.64. The fourth-order valence-corrected chi connectivity index (χ4v) is 5.05. The van der Waals surface area contributed by atoms with Crippen LogP contribution in [0.15, 0.2) is 42.5 Å². The Morgan fingerprint density at radius 2 is 1.09 bits per heavy atom. The number of fused-ring (bicyclic) bond motifs is 5. The molecule has 2 aliphatic heterocycles. The van der Waals surface area contributed by atoms with Crippen LogP contribution in [0.2, 0.25) is 0 Å². The molecule has 2 heterocycles. The smallest absolute Gasteiger partial charge is 0.376 e. The van der Waals surface area contributed by atoms with E-state index in [1.54, 1.807) is 35.2 Å². The van der Waals surface area contributed by atoms with E-state index in [-0.39, 0.29) is 11.1 Å². The van der Waals surface area contributed by atoms with Crippen molar-refractivity contribution in [1.29, 1.82) is 0 Å². The van der Waals surface area contributed by atoms with Crippen LogP contribution in [0.25, 0.3) is 0 Å². The normalized spacial score (nSPS) is 20.6. The zero-order valence-corrected chi connectivity index (χ0v) is 17.7. The van der Waals surface area contributed by atoms with Crippen molar-refractivity contribution in [3.05, 3.63) is 53.6 Å². The molecule has 2 aromatic rings. The zero-order valence-electron chi connectivity index (χ0n) is 16.1. The Morgan fingerprint density at radius 3 is 1.45 bits per heavy atom. The van der Waals surface area contributed by atoms with Gasteiger partial charge < -0.3 is 13.3 Å². The van der Waals surface area contributed by atoms with Crippen LogP contribution in [0.5, 0.6) is 11.5 Å². The standard InChI is InChI=1S/C18H13F6NO6S2/c19-17(20,21)32(26,27)30-13-8-9-14(31-33(28,29)18(22,23)24)16-12-7-6-11(15(13)16)25(12)10-4-2-1-3-5-10/h1-5,8-9,11-12H,6-7H2. The van der Waals surface area contributed by atoms with Crippen molar-refractivity contribution in [3.8, 4) is 11.5 Å². The summed E-state index contributed by atoms with van der Waals surface area (Å²) in [5.41, 5.74) is -11.3. The summed E-state index contributed by atoms with van der Waals surface area (Å²) in [6.45, 7) is 0. The maximum absolute atomic E-state index is 12.9. The highest BCUT2D eigenvalue weighted by Gasteiger charge is 2.54. The van der Waals surface area contributed by atoms with Crippen LogP contribution in [0.4, 0.5) is 32.0 Å². The van der Waals surface area contributed by atoms with Crippen molar-refractivity contribution in [3.63, 3.8) is 0 Å². The van der Waals surface area contributed by atoms with E-state index in [0.717, 1.165) is 0 Å². The highest BCUT2D eigenvalue weighted by Crippen LogP contribution is 2.60. The van der Waals surface area contributed by atoms with E-state index < -0.39 is 54.8 Å². The second-order valence-electron chi connectivity index (χ2n) is 7.21. The minimum absolute atomic E-state index is 0.183. The van der Waals surface area contributed by atoms with Gasteiger partial charge in [0, 0.05) is 16.8 Å². The number of hydrogen-bond acceptors (Lipinski definition) is 7. The molecule has 0 amide bonds. The van der Waals surface area contributed by atoms with E-state index in [0.29, 0.717) is 30.7 Å². The van der Waals surface area contributed by atoms with E-state index in [4.69, 9.17) is 0 Å². The molecule has 2 aliphatic rings. The van der Waals surface area contributed by atoms with Gasteiger partial charge in [-0.1, -0.05) is 18.2 Å². The zero-order chi connectivity index (χ0) is 24.4. The minimum atomic E-state index is -6.10. The van der Waals surface area contributed by atoms with Crippen LogP contribution >= 0.6 is 0 Å². The molecule has 4 rings (SSSR count). The number of rotatable bonds is 5. The van der Waals surface area contributed by atoms with Gasteiger partial charge in [0.15, 0.2) is 0 Å². The van der Waals surface area contributed by atoms with E-state index in [1.165, 1.54) is 0 Å². The average Bonchev–Trinajstić information content (AvgIpc) is 3.25. The third kappa shape index (κ3) is 3.86. The predicted molar refractivity (Wildman–Crippen MR) is 101 cm³/mol. The molecule has 1 fully saturated rings. The largest absolute Gasteiger partial charge is 0.534 e. The van der Waals surface area contributed by atoms with Gasteiger partial charge in [-0.3, -0.25) is 0 Å². The Morgan fingerprint density at radius 1 is 0.697 bits per heavy atom. The molecule has 0 saturated carbocycles. The van der Waals surface area contributed by atoms with Gasteiger partial charge in [0.05, 0.1) is 12.1 Å². The van der Waals surface area contributed by atoms with Gasteiger partial charge >= 0.3 is 31.3 Å². The number of halogens is 6. The molecule has 2 unspecified atom stereocenters. The number of alkyl halides is 6. The van der Waals surface area contributed by atoms with Crippen LogP contribution < -0.4 is 13.3 Å². The molecule has 33 heavy (non-hydrogen) atoms. The highest BCUT2D eigenvalue weighted by atomic mass is 32.2. The minimum Gasteiger partial charge on any atom is -0.376 e. The Labute approximate surface area is 183 Å². The third-order valence-corrected chi connectivity index (χ3v) is 7.21. The van der Waals surface area contributed by atoms with Crippen LogP contribution in [0.1, 0.15) is 36.1 Å². The number of para-hydroxylation sites is 1. The molecular weight excluding hydrogens is 504 g/mol. The van der Waals surface area contributed by atoms with Crippen LogP contribution in [-0.2, 0) is 20.2 Å². The summed E-state index contributed by atoms with van der Waals surface area (Å²) in [5.74, 6) is -1.54. The molecule has 2 bridgehead atoms. The SMILES string of the molecule is O=S(=O)(Oc1ccc(OS(=O)(=O)C(F)(F)F)c2c1C1CCC2N1c1ccccc1)C(F)(F)F. The number of anilines is 1. The lowest BCUT2D eigenvalue weighted by molar-refractivity contribution is -0.0506. The van der Waals surface area contributed by atoms with Gasteiger partial charge in [0.25, 0.3) is 0 Å². The van der Waals surface area contributed by atoms with E-state index >= 15 is 0 Å². The number of nitrogens with zero attached hydrogens (tertiary/aromatic N) is 1. The Balaban J connectivity index is 1.87. The topological polar surface area (TPSA) is 90.0 Å².